The number of fused-ring (bicyclic) bond motifs is 2. The molecule has 0 bridgehead atoms. The number of nitrogens with two attached hydrogens (primary N) is 2. The summed E-state index contributed by atoms with van der Waals surface area (Å²) in [4.78, 5) is 62.1. The first-order valence-corrected chi connectivity index (χ1v) is 16.7. The van der Waals surface area contributed by atoms with Gasteiger partial charge in [-0.15, -0.1) is 0 Å². The molecule has 2 atom stereocenters. The minimum Gasteiger partial charge on any atom is -0.454 e. The third kappa shape index (κ3) is 8.80. The average molecular weight is 719 g/mol. The molecule has 0 aliphatic carbocycles. The molecule has 1 amide bonds. The molecule has 16 nitrogen and oxygen atoms in total. The third-order valence-electron chi connectivity index (χ3n) is 6.85. The highest BCUT2D eigenvalue weighted by atomic mass is 79.9. The number of phosphoric acid groups is 1. The smallest absolute Gasteiger partial charge is 0.454 e. The number of anilines is 1. The van der Waals surface area contributed by atoms with Gasteiger partial charge in [-0.3, -0.25) is 9.59 Å². The highest BCUT2D eigenvalue weighted by Crippen LogP contribution is 2.43. The summed E-state index contributed by atoms with van der Waals surface area (Å²) in [7, 11) is -4.64. The molecule has 0 unspecified atom stereocenters. The van der Waals surface area contributed by atoms with Gasteiger partial charge in [-0.1, -0.05) is 11.8 Å². The number of likely N-dealkylation sites (tertiary alicyclic amines) is 1. The van der Waals surface area contributed by atoms with Gasteiger partial charge in [0.25, 0.3) is 5.91 Å². The van der Waals surface area contributed by atoms with Gasteiger partial charge < -0.3 is 49.8 Å². The molecule has 4 heterocycles. The maximum atomic E-state index is 12.7. The monoisotopic (exact) mass is 717 g/mol. The SMILES string of the molecule is C[C@H](N)C(=O)O[C@@H](C)C(=O)N1CCC(CCn2c(Sc3cc4c(cc3Br)OCO4)nc3c(N)ncnc32)CC1.O=P(O)(O)O. The quantitative estimate of drug-likeness (QED) is 0.165. The number of nitrogen functional groups attached to an aromatic ring is 1. The molecule has 3 aromatic rings. The van der Waals surface area contributed by atoms with Crippen molar-refractivity contribution >= 4 is 64.4 Å². The normalized spacial score (nSPS) is 16.3. The van der Waals surface area contributed by atoms with E-state index in [1.807, 2.05) is 12.1 Å². The summed E-state index contributed by atoms with van der Waals surface area (Å²) in [6, 6.07) is 3.05. The summed E-state index contributed by atoms with van der Waals surface area (Å²) in [6.45, 7) is 5.21. The number of rotatable bonds is 8. The number of aryl methyl sites for hydroxylation is 1. The Hall–Kier alpha value is -2.99. The number of benzene rings is 1. The molecule has 2 aromatic heterocycles. The predicted molar refractivity (Wildman–Crippen MR) is 162 cm³/mol. The zero-order valence-electron chi connectivity index (χ0n) is 23.8. The largest absolute Gasteiger partial charge is 0.466 e. The molecule has 0 radical (unpaired) electrons. The van der Waals surface area contributed by atoms with E-state index in [0.29, 0.717) is 54.0 Å². The lowest BCUT2D eigenvalue weighted by Gasteiger charge is -2.33. The summed E-state index contributed by atoms with van der Waals surface area (Å²) in [5.74, 6) is 1.35. The van der Waals surface area contributed by atoms with Gasteiger partial charge in [0.15, 0.2) is 39.7 Å². The van der Waals surface area contributed by atoms with Crippen LogP contribution in [0.5, 0.6) is 11.5 Å². The molecule has 0 saturated carbocycles. The van der Waals surface area contributed by atoms with Crippen LogP contribution in [0.1, 0.15) is 33.1 Å². The molecule has 5 rings (SSSR count). The third-order valence-corrected chi connectivity index (χ3v) is 8.82. The number of hydrogen-bond donors (Lipinski definition) is 5. The second kappa shape index (κ2) is 14.4. The molecule has 1 aromatic carbocycles. The number of carbonyl (C=O) groups excluding carboxylic acids is 2. The van der Waals surface area contributed by atoms with Crippen molar-refractivity contribution in [3.05, 3.63) is 22.9 Å². The van der Waals surface area contributed by atoms with Crippen LogP contribution < -0.4 is 20.9 Å². The van der Waals surface area contributed by atoms with E-state index in [2.05, 4.69) is 30.5 Å². The van der Waals surface area contributed by atoms with Gasteiger partial charge in [0, 0.05) is 29.0 Å². The van der Waals surface area contributed by atoms with Crippen LogP contribution in [-0.2, 0) is 25.4 Å². The van der Waals surface area contributed by atoms with E-state index in [0.717, 1.165) is 33.8 Å². The van der Waals surface area contributed by atoms with Crippen LogP contribution >= 0.6 is 35.5 Å². The number of halogens is 1. The highest BCUT2D eigenvalue weighted by Gasteiger charge is 2.29. The standard InChI is InChI=1S/C25H30BrN7O5S.H3O4P/c1-13(27)24(35)38-14(2)23(34)32-6-3-15(4-7-32)5-8-33-22-20(21(28)29-11-30-22)31-25(33)39-19-10-18-17(9-16(19)26)36-12-37-18;1-5(2,3)4/h9-11,13-15H,3-8,12,27H2,1-2H3,(H2,28,29,30);(H3,1,2,3,4)/t13-,14-;/m0./s1. The van der Waals surface area contributed by atoms with Crippen LogP contribution in [-0.4, -0.2) is 83.0 Å². The molecule has 44 heavy (non-hydrogen) atoms. The van der Waals surface area contributed by atoms with Crippen molar-refractivity contribution < 1.29 is 43.0 Å². The summed E-state index contributed by atoms with van der Waals surface area (Å²) in [5, 5.41) is 0.745. The van der Waals surface area contributed by atoms with Gasteiger partial charge >= 0.3 is 13.8 Å². The Morgan fingerprint density at radius 2 is 1.82 bits per heavy atom. The van der Waals surface area contributed by atoms with Crippen molar-refractivity contribution in [2.24, 2.45) is 11.7 Å². The Labute approximate surface area is 264 Å². The van der Waals surface area contributed by atoms with Gasteiger partial charge in [0.05, 0.1) is 0 Å². The van der Waals surface area contributed by atoms with Crippen molar-refractivity contribution in [2.75, 3.05) is 25.6 Å². The minimum absolute atomic E-state index is 0.191. The summed E-state index contributed by atoms with van der Waals surface area (Å²) in [6.07, 6.45) is 3.17. The molecule has 2 aliphatic rings. The Bertz CT molecular complexity index is 1550. The highest BCUT2D eigenvalue weighted by molar-refractivity contribution is 9.10. The molecule has 240 valence electrons. The molecular weight excluding hydrogens is 685 g/mol. The maximum absolute atomic E-state index is 12.7. The molecular formula is C25H33BrN7O9PS. The first-order chi connectivity index (χ1) is 20.7. The lowest BCUT2D eigenvalue weighted by atomic mass is 9.93. The lowest BCUT2D eigenvalue weighted by Crippen LogP contribution is -2.45. The predicted octanol–water partition coefficient (Wildman–Crippen LogP) is 2.03. The average Bonchev–Trinajstić information content (AvgIpc) is 3.55. The van der Waals surface area contributed by atoms with Crippen LogP contribution in [0.4, 0.5) is 5.82 Å². The number of ether oxygens (including phenoxy) is 3. The number of carbonyl (C=O) groups is 2. The molecule has 7 N–H and O–H groups in total. The van der Waals surface area contributed by atoms with Crippen molar-refractivity contribution in [1.29, 1.82) is 0 Å². The fourth-order valence-corrected chi connectivity index (χ4v) is 6.14. The lowest BCUT2D eigenvalue weighted by molar-refractivity contribution is -0.160. The van der Waals surface area contributed by atoms with Crippen LogP contribution in [0.25, 0.3) is 11.2 Å². The molecule has 2 aliphatic heterocycles. The van der Waals surface area contributed by atoms with Gasteiger partial charge in [-0.25, -0.2) is 19.5 Å². The Balaban J connectivity index is 0.000000818. The van der Waals surface area contributed by atoms with Crippen LogP contribution in [0, 0.1) is 5.92 Å². The van der Waals surface area contributed by atoms with Crippen molar-refractivity contribution in [1.82, 2.24) is 24.4 Å². The second-order valence-corrected chi connectivity index (χ2v) is 13.0. The van der Waals surface area contributed by atoms with Gasteiger partial charge in [-0.05, 0) is 67.1 Å². The van der Waals surface area contributed by atoms with E-state index < -0.39 is 25.9 Å². The zero-order chi connectivity index (χ0) is 32.2. The van der Waals surface area contributed by atoms with E-state index in [1.165, 1.54) is 25.0 Å². The van der Waals surface area contributed by atoms with Gasteiger partial charge in [0.1, 0.15) is 12.4 Å². The zero-order valence-corrected chi connectivity index (χ0v) is 27.1. The number of amides is 1. The van der Waals surface area contributed by atoms with E-state index in [1.54, 1.807) is 11.8 Å². The number of esters is 1. The van der Waals surface area contributed by atoms with Crippen molar-refractivity contribution in [3.63, 3.8) is 0 Å². The first kappa shape index (κ1) is 33.9. The summed E-state index contributed by atoms with van der Waals surface area (Å²) < 4.78 is 28.0. The minimum atomic E-state index is -4.64. The molecule has 0 spiro atoms. The fraction of sp³-hybridized carbons (Fsp3) is 0.480. The number of piperidine rings is 1. The van der Waals surface area contributed by atoms with Crippen LogP contribution in [0.15, 0.2) is 33.0 Å². The van der Waals surface area contributed by atoms with E-state index >= 15 is 0 Å². The number of aromatic nitrogens is 4. The molecule has 19 heteroatoms. The Morgan fingerprint density at radius 1 is 1.18 bits per heavy atom. The fourth-order valence-electron chi connectivity index (χ4n) is 4.63. The number of nitrogens with zero attached hydrogens (tertiary/aromatic N) is 5. The van der Waals surface area contributed by atoms with E-state index in [4.69, 9.17) is 49.9 Å². The van der Waals surface area contributed by atoms with E-state index in [9.17, 15) is 9.59 Å². The maximum Gasteiger partial charge on any atom is 0.466 e. The molecule has 1 saturated heterocycles. The topological polar surface area (TPSA) is 238 Å². The summed E-state index contributed by atoms with van der Waals surface area (Å²) >= 11 is 5.11. The van der Waals surface area contributed by atoms with Crippen molar-refractivity contribution in [3.8, 4) is 11.5 Å². The number of hydrogen-bond acceptors (Lipinski definition) is 12. The molecule has 1 fully saturated rings. The Morgan fingerprint density at radius 3 is 2.45 bits per heavy atom. The Kier molecular flexibility index (Phi) is 11.1. The van der Waals surface area contributed by atoms with Gasteiger partial charge in [0.2, 0.25) is 6.79 Å². The second-order valence-electron chi connectivity index (χ2n) is 10.2. The van der Waals surface area contributed by atoms with Crippen LogP contribution in [0.3, 0.4) is 0 Å². The first-order valence-electron chi connectivity index (χ1n) is 13.5. The van der Waals surface area contributed by atoms with E-state index in [-0.39, 0.29) is 12.7 Å². The van der Waals surface area contributed by atoms with Gasteiger partial charge in [-0.2, -0.15) is 0 Å². The van der Waals surface area contributed by atoms with Crippen LogP contribution in [0.2, 0.25) is 0 Å². The number of imidazole rings is 1. The van der Waals surface area contributed by atoms with Crippen molar-refractivity contribution in [2.45, 2.75) is 61.9 Å². The summed E-state index contributed by atoms with van der Waals surface area (Å²) in [5.41, 5.74) is 12.9.